The number of hydrogen-bond acceptors (Lipinski definition) is 3. The number of aryl methyl sites for hydroxylation is 1. The van der Waals surface area contributed by atoms with Gasteiger partial charge in [-0.1, -0.05) is 0 Å². The van der Waals surface area contributed by atoms with Crippen molar-refractivity contribution >= 4 is 17.5 Å². The summed E-state index contributed by atoms with van der Waals surface area (Å²) in [5.41, 5.74) is -0.320. The third-order valence-corrected chi connectivity index (χ3v) is 2.46. The third-order valence-electron chi connectivity index (χ3n) is 2.46. The van der Waals surface area contributed by atoms with Crippen molar-refractivity contribution in [2.45, 2.75) is 6.92 Å². The molecule has 0 saturated heterocycles. The number of aromatic nitrogens is 1. The molecule has 2 aromatic rings. The number of nitrogens with zero attached hydrogens (tertiary/aromatic N) is 1. The molecule has 0 fully saturated rings. The molecule has 0 spiro atoms. The van der Waals surface area contributed by atoms with Crippen LogP contribution in [0.3, 0.4) is 0 Å². The topological polar surface area (TPSA) is 62.2 Å². The smallest absolute Gasteiger partial charge is 0.335 e. The minimum absolute atomic E-state index is 0.0493. The summed E-state index contributed by atoms with van der Waals surface area (Å²) in [6, 6.07) is 3.46. The molecule has 0 bridgehead atoms. The molecule has 0 amide bonds. The van der Waals surface area contributed by atoms with Gasteiger partial charge in [0, 0.05) is 17.8 Å². The fourth-order valence-electron chi connectivity index (χ4n) is 1.65. The summed E-state index contributed by atoms with van der Waals surface area (Å²) in [5.74, 6) is -4.57. The highest BCUT2D eigenvalue weighted by atomic mass is 19.1. The number of carboxylic acid groups (broad SMARTS) is 1. The Labute approximate surface area is 111 Å². The molecule has 104 valence electrons. The van der Waals surface area contributed by atoms with Crippen LogP contribution in [0.1, 0.15) is 16.1 Å². The predicted octanol–water partition coefficient (Wildman–Crippen LogP) is 3.25. The molecule has 0 aliphatic rings. The fraction of sp³-hybridized carbons (Fsp3) is 0.0769. The molecule has 2 N–H and O–H groups in total. The number of rotatable bonds is 3. The molecule has 0 unspecified atom stereocenters. The van der Waals surface area contributed by atoms with Crippen molar-refractivity contribution in [2.75, 3.05) is 5.32 Å². The minimum Gasteiger partial charge on any atom is -0.478 e. The van der Waals surface area contributed by atoms with Gasteiger partial charge in [0.2, 0.25) is 0 Å². The van der Waals surface area contributed by atoms with Gasteiger partial charge in [-0.3, -0.25) is 0 Å². The molecule has 0 atom stereocenters. The van der Waals surface area contributed by atoms with E-state index in [1.54, 1.807) is 0 Å². The number of anilines is 2. The van der Waals surface area contributed by atoms with Crippen molar-refractivity contribution in [1.82, 2.24) is 4.98 Å². The lowest BCUT2D eigenvalue weighted by atomic mass is 10.2. The van der Waals surface area contributed by atoms with E-state index in [-0.39, 0.29) is 11.4 Å². The normalized spacial score (nSPS) is 10.4. The average molecular weight is 282 g/mol. The molecule has 1 aromatic carbocycles. The van der Waals surface area contributed by atoms with Gasteiger partial charge in [-0.25, -0.2) is 22.9 Å². The number of pyridine rings is 1. The second kappa shape index (κ2) is 5.20. The van der Waals surface area contributed by atoms with Crippen LogP contribution in [0.25, 0.3) is 0 Å². The van der Waals surface area contributed by atoms with Gasteiger partial charge in [0.1, 0.15) is 17.3 Å². The molecule has 1 heterocycles. The molecular formula is C13H9F3N2O2. The van der Waals surface area contributed by atoms with Crippen molar-refractivity contribution in [1.29, 1.82) is 0 Å². The summed E-state index contributed by atoms with van der Waals surface area (Å²) in [6.07, 6.45) is 0. The minimum atomic E-state index is -1.20. The third kappa shape index (κ3) is 2.87. The van der Waals surface area contributed by atoms with Crippen LogP contribution >= 0.6 is 0 Å². The summed E-state index contributed by atoms with van der Waals surface area (Å²) >= 11 is 0. The molecule has 4 nitrogen and oxygen atoms in total. The van der Waals surface area contributed by atoms with E-state index in [4.69, 9.17) is 5.11 Å². The quantitative estimate of drug-likeness (QED) is 0.907. The summed E-state index contributed by atoms with van der Waals surface area (Å²) in [7, 11) is 0. The zero-order valence-electron chi connectivity index (χ0n) is 10.2. The summed E-state index contributed by atoms with van der Waals surface area (Å²) in [4.78, 5) is 14.8. The maximum atomic E-state index is 13.5. The number of carbonyl (C=O) groups is 1. The van der Waals surface area contributed by atoms with Crippen LogP contribution in [0, 0.1) is 24.4 Å². The first kappa shape index (κ1) is 13.9. The van der Waals surface area contributed by atoms with Crippen LogP contribution < -0.4 is 5.32 Å². The Balaban J connectivity index is 2.42. The van der Waals surface area contributed by atoms with Crippen LogP contribution in [0.2, 0.25) is 0 Å². The number of nitrogens with one attached hydrogen (secondary N) is 1. The standard InChI is InChI=1S/C13H9F3N2O2/c1-6-2-7(13(19)20)3-11(17-6)18-12-9(15)4-8(14)5-10(12)16/h2-5H,1H3,(H,17,18)(H,19,20). The summed E-state index contributed by atoms with van der Waals surface area (Å²) in [5, 5.41) is 11.2. The van der Waals surface area contributed by atoms with E-state index in [1.165, 1.54) is 13.0 Å². The predicted molar refractivity (Wildman–Crippen MR) is 65.5 cm³/mol. The van der Waals surface area contributed by atoms with Crippen molar-refractivity contribution in [3.8, 4) is 0 Å². The average Bonchev–Trinajstić information content (AvgIpc) is 2.33. The lowest BCUT2D eigenvalue weighted by Crippen LogP contribution is -2.04. The maximum Gasteiger partial charge on any atom is 0.335 e. The SMILES string of the molecule is Cc1cc(C(=O)O)cc(Nc2c(F)cc(F)cc2F)n1. The Kier molecular flexibility index (Phi) is 3.60. The van der Waals surface area contributed by atoms with Crippen molar-refractivity contribution < 1.29 is 23.1 Å². The highest BCUT2D eigenvalue weighted by molar-refractivity contribution is 5.88. The van der Waals surface area contributed by atoms with E-state index in [0.717, 1.165) is 6.07 Å². The first-order valence-corrected chi connectivity index (χ1v) is 5.50. The van der Waals surface area contributed by atoms with Crippen LogP contribution in [0.15, 0.2) is 24.3 Å². The van der Waals surface area contributed by atoms with E-state index in [0.29, 0.717) is 17.8 Å². The van der Waals surface area contributed by atoms with Crippen molar-refractivity contribution in [3.05, 3.63) is 53.0 Å². The van der Waals surface area contributed by atoms with Gasteiger partial charge < -0.3 is 10.4 Å². The summed E-state index contributed by atoms with van der Waals surface area (Å²) in [6.45, 7) is 1.54. The van der Waals surface area contributed by atoms with E-state index in [2.05, 4.69) is 10.3 Å². The first-order chi connectivity index (χ1) is 9.36. The van der Waals surface area contributed by atoms with Gasteiger partial charge in [0.05, 0.1) is 5.56 Å². The number of carboxylic acids is 1. The molecule has 0 radical (unpaired) electrons. The van der Waals surface area contributed by atoms with Gasteiger partial charge in [-0.05, 0) is 19.1 Å². The second-order valence-electron chi connectivity index (χ2n) is 4.06. The van der Waals surface area contributed by atoms with E-state index in [9.17, 15) is 18.0 Å². The number of halogens is 3. The number of benzene rings is 1. The van der Waals surface area contributed by atoms with Gasteiger partial charge in [-0.15, -0.1) is 0 Å². The zero-order chi connectivity index (χ0) is 14.9. The van der Waals surface area contributed by atoms with E-state index < -0.39 is 29.1 Å². The largest absolute Gasteiger partial charge is 0.478 e. The Morgan fingerprint density at radius 2 is 1.75 bits per heavy atom. The van der Waals surface area contributed by atoms with E-state index in [1.807, 2.05) is 0 Å². The Morgan fingerprint density at radius 3 is 2.30 bits per heavy atom. The van der Waals surface area contributed by atoms with Crippen LogP contribution in [-0.2, 0) is 0 Å². The first-order valence-electron chi connectivity index (χ1n) is 5.50. The molecule has 1 aromatic heterocycles. The van der Waals surface area contributed by atoms with Crippen molar-refractivity contribution in [3.63, 3.8) is 0 Å². The molecule has 2 rings (SSSR count). The number of aromatic carboxylic acids is 1. The highest BCUT2D eigenvalue weighted by Gasteiger charge is 2.13. The van der Waals surface area contributed by atoms with Crippen LogP contribution in [0.4, 0.5) is 24.7 Å². The second-order valence-corrected chi connectivity index (χ2v) is 4.06. The lowest BCUT2D eigenvalue weighted by Gasteiger charge is -2.09. The Hall–Kier alpha value is -2.57. The fourth-order valence-corrected chi connectivity index (χ4v) is 1.65. The van der Waals surface area contributed by atoms with Gasteiger partial charge >= 0.3 is 5.97 Å². The zero-order valence-corrected chi connectivity index (χ0v) is 10.2. The van der Waals surface area contributed by atoms with Crippen molar-refractivity contribution in [2.24, 2.45) is 0 Å². The Morgan fingerprint density at radius 1 is 1.15 bits per heavy atom. The molecule has 0 aliphatic carbocycles. The monoisotopic (exact) mass is 282 g/mol. The molecule has 0 saturated carbocycles. The number of hydrogen-bond donors (Lipinski definition) is 2. The molecular weight excluding hydrogens is 273 g/mol. The van der Waals surface area contributed by atoms with Gasteiger partial charge in [0.15, 0.2) is 11.6 Å². The molecule has 7 heteroatoms. The van der Waals surface area contributed by atoms with Crippen LogP contribution in [-0.4, -0.2) is 16.1 Å². The highest BCUT2D eigenvalue weighted by Crippen LogP contribution is 2.24. The molecule has 20 heavy (non-hydrogen) atoms. The Bertz CT molecular complexity index is 666. The maximum absolute atomic E-state index is 13.5. The van der Waals surface area contributed by atoms with E-state index >= 15 is 0 Å². The molecule has 0 aliphatic heterocycles. The van der Waals surface area contributed by atoms with Gasteiger partial charge in [-0.2, -0.15) is 0 Å². The van der Waals surface area contributed by atoms with Crippen LogP contribution in [0.5, 0.6) is 0 Å². The summed E-state index contributed by atoms with van der Waals surface area (Å²) < 4.78 is 39.7. The lowest BCUT2D eigenvalue weighted by molar-refractivity contribution is 0.0696. The van der Waals surface area contributed by atoms with Gasteiger partial charge in [0.25, 0.3) is 0 Å².